The molecule has 0 aliphatic rings. The summed E-state index contributed by atoms with van der Waals surface area (Å²) in [4.78, 5) is 5.41. The predicted molar refractivity (Wildman–Crippen MR) is 50.2 cm³/mol. The van der Waals surface area contributed by atoms with Crippen LogP contribution in [0.4, 0.5) is 0 Å². The van der Waals surface area contributed by atoms with E-state index in [-0.39, 0.29) is 6.10 Å². The van der Waals surface area contributed by atoms with Gasteiger partial charge in [0.25, 0.3) is 0 Å². The Morgan fingerprint density at radius 1 is 1.75 bits per heavy atom. The minimum absolute atomic E-state index is 0.286. The summed E-state index contributed by atoms with van der Waals surface area (Å²) in [6.45, 7) is 5.18. The fraction of sp³-hybridized carbons (Fsp3) is 0.625. The number of rotatable bonds is 4. The summed E-state index contributed by atoms with van der Waals surface area (Å²) in [5.74, 6) is 0. The molecular formula is C8H14N2OS. The van der Waals surface area contributed by atoms with Crippen LogP contribution in [-0.2, 0) is 6.54 Å². The van der Waals surface area contributed by atoms with E-state index in [0.717, 1.165) is 11.6 Å². The molecule has 0 fully saturated rings. The largest absolute Gasteiger partial charge is 0.392 e. The van der Waals surface area contributed by atoms with E-state index in [9.17, 15) is 0 Å². The molecule has 0 saturated heterocycles. The van der Waals surface area contributed by atoms with Gasteiger partial charge in [0.05, 0.1) is 6.10 Å². The molecule has 1 heterocycles. The highest BCUT2D eigenvalue weighted by molar-refractivity contribution is 7.11. The molecule has 68 valence electrons. The van der Waals surface area contributed by atoms with E-state index in [1.54, 1.807) is 18.3 Å². The number of thiazole rings is 1. The third-order valence-electron chi connectivity index (χ3n) is 1.39. The summed E-state index contributed by atoms with van der Waals surface area (Å²) in [5.41, 5.74) is 0. The van der Waals surface area contributed by atoms with Crippen LogP contribution in [0.2, 0.25) is 0 Å². The van der Waals surface area contributed by atoms with Crippen LogP contribution in [0.3, 0.4) is 0 Å². The molecule has 12 heavy (non-hydrogen) atoms. The number of aliphatic hydroxyl groups excluding tert-OH is 1. The van der Waals surface area contributed by atoms with Crippen molar-refractivity contribution in [2.75, 3.05) is 6.54 Å². The maximum absolute atomic E-state index is 8.96. The molecule has 2 N–H and O–H groups in total. The Hall–Kier alpha value is -0.450. The van der Waals surface area contributed by atoms with Crippen LogP contribution >= 0.6 is 11.3 Å². The van der Waals surface area contributed by atoms with E-state index >= 15 is 0 Å². The number of hydrogen-bond donors (Lipinski definition) is 2. The van der Waals surface area contributed by atoms with Gasteiger partial charge in [-0.15, -0.1) is 11.3 Å². The van der Waals surface area contributed by atoms with E-state index in [1.165, 1.54) is 4.88 Å². The molecule has 0 radical (unpaired) electrons. The zero-order chi connectivity index (χ0) is 8.97. The smallest absolute Gasteiger partial charge is 0.107 e. The van der Waals surface area contributed by atoms with Crippen molar-refractivity contribution in [1.82, 2.24) is 10.3 Å². The van der Waals surface area contributed by atoms with Crippen molar-refractivity contribution in [3.63, 3.8) is 0 Å². The Morgan fingerprint density at radius 2 is 2.50 bits per heavy atom. The molecule has 1 atom stereocenters. The number of nitrogens with one attached hydrogen (secondary N) is 1. The van der Waals surface area contributed by atoms with Crippen LogP contribution < -0.4 is 5.32 Å². The molecule has 0 aliphatic carbocycles. The summed E-state index contributed by atoms with van der Waals surface area (Å²) < 4.78 is 0. The molecule has 0 unspecified atom stereocenters. The Kier molecular flexibility index (Phi) is 3.65. The fourth-order valence-electron chi connectivity index (χ4n) is 0.871. The molecule has 0 bridgehead atoms. The van der Waals surface area contributed by atoms with E-state index in [4.69, 9.17) is 5.11 Å². The highest BCUT2D eigenvalue weighted by atomic mass is 32.1. The molecule has 0 aromatic carbocycles. The lowest BCUT2D eigenvalue weighted by Gasteiger charge is -2.03. The Balaban J connectivity index is 2.24. The highest BCUT2D eigenvalue weighted by Gasteiger charge is 1.98. The average Bonchev–Trinajstić information content (AvgIpc) is 2.35. The van der Waals surface area contributed by atoms with Gasteiger partial charge in [0, 0.05) is 24.2 Å². The number of hydrogen-bond acceptors (Lipinski definition) is 4. The van der Waals surface area contributed by atoms with Crippen LogP contribution in [0.25, 0.3) is 0 Å². The molecule has 1 rings (SSSR count). The molecule has 1 aromatic heterocycles. The van der Waals surface area contributed by atoms with Crippen LogP contribution in [0.1, 0.15) is 16.8 Å². The first-order chi connectivity index (χ1) is 5.68. The first kappa shape index (κ1) is 9.64. The minimum Gasteiger partial charge on any atom is -0.392 e. The maximum Gasteiger partial charge on any atom is 0.107 e. The van der Waals surface area contributed by atoms with Crippen LogP contribution in [0.15, 0.2) is 6.20 Å². The lowest BCUT2D eigenvalue weighted by atomic mass is 10.4. The molecule has 1 aromatic rings. The fourth-order valence-corrected chi connectivity index (χ4v) is 1.63. The van der Waals surface area contributed by atoms with Gasteiger partial charge in [-0.3, -0.25) is 0 Å². The molecule has 4 heteroatoms. The summed E-state index contributed by atoms with van der Waals surface area (Å²) in [7, 11) is 0. The van der Waals surface area contributed by atoms with Gasteiger partial charge in [-0.25, -0.2) is 4.98 Å². The van der Waals surface area contributed by atoms with E-state index in [1.807, 2.05) is 13.1 Å². The SMILES string of the molecule is Cc1cnc(CNC[C@@H](C)O)s1. The number of aliphatic hydroxyl groups is 1. The Morgan fingerprint density at radius 3 is 3.00 bits per heavy atom. The lowest BCUT2D eigenvalue weighted by Crippen LogP contribution is -2.23. The van der Waals surface area contributed by atoms with Gasteiger partial charge in [0.2, 0.25) is 0 Å². The number of aromatic nitrogens is 1. The Labute approximate surface area is 76.5 Å². The quantitative estimate of drug-likeness (QED) is 0.735. The second-order valence-electron chi connectivity index (χ2n) is 2.84. The summed E-state index contributed by atoms with van der Waals surface area (Å²) in [6, 6.07) is 0. The lowest BCUT2D eigenvalue weighted by molar-refractivity contribution is 0.191. The van der Waals surface area contributed by atoms with Crippen molar-refractivity contribution in [3.05, 3.63) is 16.1 Å². The van der Waals surface area contributed by atoms with Crippen molar-refractivity contribution < 1.29 is 5.11 Å². The van der Waals surface area contributed by atoms with Gasteiger partial charge in [-0.2, -0.15) is 0 Å². The summed E-state index contributed by atoms with van der Waals surface area (Å²) >= 11 is 1.68. The third-order valence-corrected chi connectivity index (χ3v) is 2.30. The molecule has 0 saturated carbocycles. The van der Waals surface area contributed by atoms with Crippen molar-refractivity contribution >= 4 is 11.3 Å². The standard InChI is InChI=1S/C8H14N2OS/c1-6(11)3-9-5-8-10-4-7(2)12-8/h4,6,9,11H,3,5H2,1-2H3/t6-/m1/s1. The predicted octanol–water partition coefficient (Wildman–Crippen LogP) is 0.922. The van der Waals surface area contributed by atoms with Crippen molar-refractivity contribution in [3.8, 4) is 0 Å². The zero-order valence-electron chi connectivity index (χ0n) is 7.37. The first-order valence-electron chi connectivity index (χ1n) is 3.98. The van der Waals surface area contributed by atoms with Crippen molar-refractivity contribution in [2.45, 2.75) is 26.5 Å². The van der Waals surface area contributed by atoms with Crippen molar-refractivity contribution in [2.24, 2.45) is 0 Å². The van der Waals surface area contributed by atoms with Gasteiger partial charge in [0.15, 0.2) is 0 Å². The van der Waals surface area contributed by atoms with Crippen LogP contribution in [0, 0.1) is 6.92 Å². The number of aryl methyl sites for hydroxylation is 1. The Bertz CT molecular complexity index is 235. The second kappa shape index (κ2) is 4.54. The van der Waals surface area contributed by atoms with Gasteiger partial charge < -0.3 is 10.4 Å². The van der Waals surface area contributed by atoms with Gasteiger partial charge in [0.1, 0.15) is 5.01 Å². The summed E-state index contributed by atoms with van der Waals surface area (Å²) in [5, 5.41) is 13.1. The van der Waals surface area contributed by atoms with Gasteiger partial charge >= 0.3 is 0 Å². The number of nitrogens with zero attached hydrogens (tertiary/aromatic N) is 1. The molecule has 3 nitrogen and oxygen atoms in total. The van der Waals surface area contributed by atoms with Gasteiger partial charge in [-0.1, -0.05) is 0 Å². The topological polar surface area (TPSA) is 45.2 Å². The third kappa shape index (κ3) is 3.30. The zero-order valence-corrected chi connectivity index (χ0v) is 8.19. The molecular weight excluding hydrogens is 172 g/mol. The van der Waals surface area contributed by atoms with Crippen LogP contribution in [0.5, 0.6) is 0 Å². The van der Waals surface area contributed by atoms with Crippen molar-refractivity contribution in [1.29, 1.82) is 0 Å². The van der Waals surface area contributed by atoms with E-state index in [0.29, 0.717) is 6.54 Å². The van der Waals surface area contributed by atoms with Crippen LogP contribution in [-0.4, -0.2) is 22.7 Å². The maximum atomic E-state index is 8.96. The highest BCUT2D eigenvalue weighted by Crippen LogP contribution is 2.10. The summed E-state index contributed by atoms with van der Waals surface area (Å²) in [6.07, 6.45) is 1.58. The first-order valence-corrected chi connectivity index (χ1v) is 4.80. The van der Waals surface area contributed by atoms with E-state index in [2.05, 4.69) is 10.3 Å². The average molecular weight is 186 g/mol. The molecule has 0 aliphatic heterocycles. The molecule has 0 spiro atoms. The van der Waals surface area contributed by atoms with Gasteiger partial charge in [-0.05, 0) is 13.8 Å². The monoisotopic (exact) mass is 186 g/mol. The minimum atomic E-state index is -0.286. The normalized spacial score (nSPS) is 13.2. The second-order valence-corrected chi connectivity index (χ2v) is 4.16. The molecule has 0 amide bonds. The van der Waals surface area contributed by atoms with E-state index < -0.39 is 0 Å².